The summed E-state index contributed by atoms with van der Waals surface area (Å²) in [5, 5.41) is 0. The Bertz CT molecular complexity index is 561. The van der Waals surface area contributed by atoms with Gasteiger partial charge in [-0.3, -0.25) is 9.59 Å². The summed E-state index contributed by atoms with van der Waals surface area (Å²) in [4.78, 5) is 29.0. The first-order chi connectivity index (χ1) is 11.2. The number of nitrogens with two attached hydrogens (primary N) is 1. The summed E-state index contributed by atoms with van der Waals surface area (Å²) in [6, 6.07) is 9.45. The first kappa shape index (κ1) is 16.0. The van der Waals surface area contributed by atoms with Crippen molar-refractivity contribution in [3.63, 3.8) is 0 Å². The summed E-state index contributed by atoms with van der Waals surface area (Å²) >= 11 is 0. The number of hydrogen-bond acceptors (Lipinski definition) is 3. The van der Waals surface area contributed by atoms with Gasteiger partial charge in [0, 0.05) is 19.6 Å². The van der Waals surface area contributed by atoms with Crippen LogP contribution >= 0.6 is 0 Å². The van der Waals surface area contributed by atoms with Gasteiger partial charge < -0.3 is 15.5 Å². The highest BCUT2D eigenvalue weighted by molar-refractivity contribution is 5.89. The molecule has 2 fully saturated rings. The molecule has 2 aliphatic rings. The van der Waals surface area contributed by atoms with Crippen molar-refractivity contribution in [2.45, 2.75) is 31.7 Å². The summed E-state index contributed by atoms with van der Waals surface area (Å²) in [6.45, 7) is 2.84. The highest BCUT2D eigenvalue weighted by atomic mass is 16.2. The van der Waals surface area contributed by atoms with Gasteiger partial charge >= 0.3 is 0 Å². The maximum absolute atomic E-state index is 12.8. The third-order valence-electron chi connectivity index (χ3n) is 4.99. The summed E-state index contributed by atoms with van der Waals surface area (Å²) in [7, 11) is 0. The smallest absolute Gasteiger partial charge is 0.245 e. The fourth-order valence-electron chi connectivity index (χ4n) is 3.63. The first-order valence-electron chi connectivity index (χ1n) is 8.51. The summed E-state index contributed by atoms with van der Waals surface area (Å²) in [6.07, 6.45) is 3.04. The van der Waals surface area contributed by atoms with E-state index >= 15 is 0 Å². The Hall–Kier alpha value is -1.88. The Balaban J connectivity index is 1.63. The maximum atomic E-state index is 12.8. The van der Waals surface area contributed by atoms with Crippen LogP contribution in [0.2, 0.25) is 0 Å². The van der Waals surface area contributed by atoms with Crippen LogP contribution in [0, 0.1) is 5.92 Å². The number of rotatable bonds is 4. The molecule has 23 heavy (non-hydrogen) atoms. The molecule has 2 saturated heterocycles. The van der Waals surface area contributed by atoms with Gasteiger partial charge in [-0.15, -0.1) is 0 Å². The van der Waals surface area contributed by atoms with Gasteiger partial charge in [0.25, 0.3) is 0 Å². The minimum absolute atomic E-state index is 0.0571. The van der Waals surface area contributed by atoms with Crippen LogP contribution in [0.3, 0.4) is 0 Å². The molecule has 2 amide bonds. The largest absolute Gasteiger partial charge is 0.341 e. The van der Waals surface area contributed by atoms with Gasteiger partial charge in [0.2, 0.25) is 11.8 Å². The maximum Gasteiger partial charge on any atom is 0.245 e. The molecule has 2 N–H and O–H groups in total. The zero-order chi connectivity index (χ0) is 16.2. The predicted octanol–water partition coefficient (Wildman–Crippen LogP) is 1.03. The topological polar surface area (TPSA) is 66.6 Å². The van der Waals surface area contributed by atoms with Crippen molar-refractivity contribution in [2.75, 3.05) is 26.2 Å². The van der Waals surface area contributed by atoms with Gasteiger partial charge in [0.05, 0.1) is 6.42 Å². The lowest BCUT2D eigenvalue weighted by atomic mass is 10.1. The molecule has 0 spiro atoms. The molecule has 1 aromatic carbocycles. The van der Waals surface area contributed by atoms with E-state index in [2.05, 4.69) is 0 Å². The fraction of sp³-hybridized carbons (Fsp3) is 0.556. The van der Waals surface area contributed by atoms with E-state index in [0.717, 1.165) is 37.9 Å². The Labute approximate surface area is 137 Å². The van der Waals surface area contributed by atoms with Gasteiger partial charge in [-0.2, -0.15) is 0 Å². The van der Waals surface area contributed by atoms with E-state index in [1.165, 1.54) is 0 Å². The molecule has 0 radical (unpaired) electrons. The van der Waals surface area contributed by atoms with Gasteiger partial charge in [-0.25, -0.2) is 0 Å². The van der Waals surface area contributed by atoms with Gasteiger partial charge in [0.1, 0.15) is 6.04 Å². The molecular weight excluding hydrogens is 290 g/mol. The highest BCUT2D eigenvalue weighted by Gasteiger charge is 2.38. The van der Waals surface area contributed by atoms with E-state index < -0.39 is 0 Å². The van der Waals surface area contributed by atoms with E-state index in [1.807, 2.05) is 35.2 Å². The van der Waals surface area contributed by atoms with Gasteiger partial charge in [-0.05, 0) is 37.3 Å². The van der Waals surface area contributed by atoms with E-state index in [4.69, 9.17) is 5.73 Å². The van der Waals surface area contributed by atoms with Crippen molar-refractivity contribution in [1.82, 2.24) is 9.80 Å². The lowest BCUT2D eigenvalue weighted by molar-refractivity contribution is -0.142. The van der Waals surface area contributed by atoms with Crippen molar-refractivity contribution in [1.29, 1.82) is 0 Å². The van der Waals surface area contributed by atoms with Crippen molar-refractivity contribution in [3.8, 4) is 0 Å². The van der Waals surface area contributed by atoms with E-state index in [1.54, 1.807) is 4.90 Å². The molecule has 0 saturated carbocycles. The predicted molar refractivity (Wildman–Crippen MR) is 88.6 cm³/mol. The number of benzene rings is 1. The lowest BCUT2D eigenvalue weighted by Crippen LogP contribution is -2.47. The number of nitrogens with zero attached hydrogens (tertiary/aromatic N) is 2. The molecule has 5 nitrogen and oxygen atoms in total. The molecule has 2 aliphatic heterocycles. The average molecular weight is 315 g/mol. The van der Waals surface area contributed by atoms with Crippen LogP contribution in [0.1, 0.15) is 24.8 Å². The van der Waals surface area contributed by atoms with E-state index in [0.29, 0.717) is 25.4 Å². The van der Waals surface area contributed by atoms with Crippen LogP contribution < -0.4 is 5.73 Å². The Morgan fingerprint density at radius 1 is 1.13 bits per heavy atom. The molecule has 124 valence electrons. The number of hydrogen-bond donors (Lipinski definition) is 1. The number of carbonyl (C=O) groups excluding carboxylic acids is 2. The molecule has 2 unspecified atom stereocenters. The normalized spacial score (nSPS) is 24.2. The van der Waals surface area contributed by atoms with E-state index in [-0.39, 0.29) is 17.9 Å². The number of amides is 2. The molecule has 0 bridgehead atoms. The zero-order valence-corrected chi connectivity index (χ0v) is 13.5. The summed E-state index contributed by atoms with van der Waals surface area (Å²) in [5.41, 5.74) is 6.71. The second-order valence-electron chi connectivity index (χ2n) is 6.58. The minimum Gasteiger partial charge on any atom is -0.341 e. The second kappa shape index (κ2) is 7.13. The third-order valence-corrected chi connectivity index (χ3v) is 4.99. The lowest BCUT2D eigenvalue weighted by Gasteiger charge is -2.28. The summed E-state index contributed by atoms with van der Waals surface area (Å²) < 4.78 is 0. The van der Waals surface area contributed by atoms with Crippen LogP contribution in [-0.4, -0.2) is 53.8 Å². The first-order valence-corrected chi connectivity index (χ1v) is 8.51. The molecule has 0 aromatic heterocycles. The summed E-state index contributed by atoms with van der Waals surface area (Å²) in [5.74, 6) is 0.579. The van der Waals surface area contributed by atoms with Gasteiger partial charge in [0.15, 0.2) is 0 Å². The Morgan fingerprint density at radius 2 is 1.91 bits per heavy atom. The van der Waals surface area contributed by atoms with Crippen molar-refractivity contribution >= 4 is 11.8 Å². The number of carbonyl (C=O) groups is 2. The third kappa shape index (κ3) is 3.55. The fourth-order valence-corrected chi connectivity index (χ4v) is 3.63. The minimum atomic E-state index is -0.275. The molecule has 3 rings (SSSR count). The highest BCUT2D eigenvalue weighted by Crippen LogP contribution is 2.24. The SMILES string of the molecule is NCC1CCN(C(=O)C2CCCN2C(=O)Cc2ccccc2)C1. The molecule has 5 heteroatoms. The Kier molecular flexibility index (Phi) is 4.96. The second-order valence-corrected chi connectivity index (χ2v) is 6.58. The zero-order valence-electron chi connectivity index (χ0n) is 13.5. The molecule has 1 aromatic rings. The molecule has 0 aliphatic carbocycles. The van der Waals surface area contributed by atoms with Gasteiger partial charge in [-0.1, -0.05) is 30.3 Å². The standard InChI is InChI=1S/C18H25N3O2/c19-12-15-8-10-20(13-15)18(23)16-7-4-9-21(16)17(22)11-14-5-2-1-3-6-14/h1-3,5-6,15-16H,4,7-13,19H2. The number of likely N-dealkylation sites (tertiary alicyclic amines) is 2. The van der Waals surface area contributed by atoms with Crippen LogP contribution in [0.4, 0.5) is 0 Å². The molecule has 2 heterocycles. The van der Waals surface area contributed by atoms with Crippen LogP contribution in [-0.2, 0) is 16.0 Å². The van der Waals surface area contributed by atoms with Crippen LogP contribution in [0.15, 0.2) is 30.3 Å². The van der Waals surface area contributed by atoms with Crippen LogP contribution in [0.25, 0.3) is 0 Å². The quantitative estimate of drug-likeness (QED) is 0.902. The monoisotopic (exact) mass is 315 g/mol. The van der Waals surface area contributed by atoms with Crippen molar-refractivity contribution in [3.05, 3.63) is 35.9 Å². The molecule has 2 atom stereocenters. The van der Waals surface area contributed by atoms with Crippen LogP contribution in [0.5, 0.6) is 0 Å². The van der Waals surface area contributed by atoms with Crippen molar-refractivity contribution < 1.29 is 9.59 Å². The Morgan fingerprint density at radius 3 is 2.61 bits per heavy atom. The average Bonchev–Trinajstić information content (AvgIpc) is 3.24. The van der Waals surface area contributed by atoms with Crippen molar-refractivity contribution in [2.24, 2.45) is 11.7 Å². The van der Waals surface area contributed by atoms with E-state index in [9.17, 15) is 9.59 Å². The molecular formula is C18H25N3O2.